The van der Waals surface area contributed by atoms with Gasteiger partial charge in [0.15, 0.2) is 0 Å². The minimum atomic E-state index is 0.0262. The predicted octanol–water partition coefficient (Wildman–Crippen LogP) is 3.20. The summed E-state index contributed by atoms with van der Waals surface area (Å²) in [6.45, 7) is 5.98. The van der Waals surface area contributed by atoms with Crippen molar-refractivity contribution < 1.29 is 14.6 Å². The fourth-order valence-corrected chi connectivity index (χ4v) is 3.30. The van der Waals surface area contributed by atoms with Gasteiger partial charge in [0.25, 0.3) is 0 Å². The van der Waals surface area contributed by atoms with E-state index in [0.717, 1.165) is 43.7 Å². The standard InChI is InChI=1S/C19H29NO3/c1-4-19(14-21)9-11-20(12-10-19)18(22)13-15(2)16-5-7-17(23-3)8-6-16/h5-8,15,21H,4,9-14H2,1-3H3. The lowest BCUT2D eigenvalue weighted by Gasteiger charge is -2.40. The first kappa shape index (κ1) is 17.8. The summed E-state index contributed by atoms with van der Waals surface area (Å²) < 4.78 is 5.17. The molecule has 1 heterocycles. The van der Waals surface area contributed by atoms with Crippen molar-refractivity contribution in [2.75, 3.05) is 26.8 Å². The molecular weight excluding hydrogens is 290 g/mol. The average Bonchev–Trinajstić information content (AvgIpc) is 2.61. The third kappa shape index (κ3) is 4.25. The van der Waals surface area contributed by atoms with Crippen LogP contribution < -0.4 is 4.74 Å². The van der Waals surface area contributed by atoms with Crippen molar-refractivity contribution in [1.82, 2.24) is 4.90 Å². The van der Waals surface area contributed by atoms with Gasteiger partial charge in [0.1, 0.15) is 5.75 Å². The van der Waals surface area contributed by atoms with Gasteiger partial charge in [-0.2, -0.15) is 0 Å². The van der Waals surface area contributed by atoms with E-state index in [1.807, 2.05) is 29.2 Å². The fourth-order valence-electron chi connectivity index (χ4n) is 3.30. The van der Waals surface area contributed by atoms with Gasteiger partial charge < -0.3 is 14.7 Å². The molecule has 4 nitrogen and oxygen atoms in total. The molecule has 0 spiro atoms. The predicted molar refractivity (Wildman–Crippen MR) is 91.6 cm³/mol. The van der Waals surface area contributed by atoms with E-state index >= 15 is 0 Å². The molecule has 0 saturated carbocycles. The first-order chi connectivity index (χ1) is 11.0. The molecule has 0 aliphatic carbocycles. The van der Waals surface area contributed by atoms with E-state index < -0.39 is 0 Å². The van der Waals surface area contributed by atoms with Crippen LogP contribution in [0, 0.1) is 5.41 Å². The van der Waals surface area contributed by atoms with Crippen LogP contribution in [0.25, 0.3) is 0 Å². The van der Waals surface area contributed by atoms with Gasteiger partial charge >= 0.3 is 0 Å². The molecule has 1 saturated heterocycles. The second-order valence-corrected chi connectivity index (χ2v) is 6.77. The Morgan fingerprint density at radius 3 is 2.39 bits per heavy atom. The number of amides is 1. The molecular formula is C19H29NO3. The number of rotatable bonds is 6. The first-order valence-electron chi connectivity index (χ1n) is 8.56. The molecule has 2 rings (SSSR count). The summed E-state index contributed by atoms with van der Waals surface area (Å²) in [5, 5.41) is 9.59. The maximum Gasteiger partial charge on any atom is 0.223 e. The van der Waals surface area contributed by atoms with Crippen molar-refractivity contribution in [3.63, 3.8) is 0 Å². The lowest BCUT2D eigenvalue weighted by molar-refractivity contribution is -0.134. The second kappa shape index (κ2) is 7.82. The highest BCUT2D eigenvalue weighted by atomic mass is 16.5. The summed E-state index contributed by atoms with van der Waals surface area (Å²) in [5.74, 6) is 1.25. The highest BCUT2D eigenvalue weighted by Gasteiger charge is 2.34. The molecule has 1 aliphatic rings. The van der Waals surface area contributed by atoms with Crippen molar-refractivity contribution >= 4 is 5.91 Å². The molecule has 1 aromatic carbocycles. The molecule has 1 aromatic rings. The van der Waals surface area contributed by atoms with Crippen LogP contribution in [0.15, 0.2) is 24.3 Å². The minimum absolute atomic E-state index is 0.0262. The SMILES string of the molecule is CCC1(CO)CCN(C(=O)CC(C)c2ccc(OC)cc2)CC1. The molecule has 4 heteroatoms. The number of aliphatic hydroxyl groups excluding tert-OH is 1. The van der Waals surface area contributed by atoms with Gasteiger partial charge in [0.05, 0.1) is 7.11 Å². The van der Waals surface area contributed by atoms with Gasteiger partial charge in [0.2, 0.25) is 5.91 Å². The van der Waals surface area contributed by atoms with Crippen LogP contribution in [-0.4, -0.2) is 42.7 Å². The minimum Gasteiger partial charge on any atom is -0.497 e. The van der Waals surface area contributed by atoms with Gasteiger partial charge in [-0.3, -0.25) is 4.79 Å². The van der Waals surface area contributed by atoms with Crippen LogP contribution in [0.4, 0.5) is 0 Å². The van der Waals surface area contributed by atoms with Crippen LogP contribution in [0.1, 0.15) is 51.0 Å². The molecule has 23 heavy (non-hydrogen) atoms. The third-order valence-corrected chi connectivity index (χ3v) is 5.43. The molecule has 1 fully saturated rings. The zero-order valence-corrected chi connectivity index (χ0v) is 14.5. The number of ether oxygens (including phenoxy) is 1. The third-order valence-electron chi connectivity index (χ3n) is 5.43. The number of piperidine rings is 1. The lowest BCUT2D eigenvalue weighted by Crippen LogP contribution is -2.44. The number of carbonyl (C=O) groups is 1. The second-order valence-electron chi connectivity index (χ2n) is 6.77. The van der Waals surface area contributed by atoms with Crippen LogP contribution in [-0.2, 0) is 4.79 Å². The topological polar surface area (TPSA) is 49.8 Å². The Kier molecular flexibility index (Phi) is 6.05. The molecule has 128 valence electrons. The maximum absolute atomic E-state index is 12.5. The van der Waals surface area contributed by atoms with Crippen molar-refractivity contribution in [2.45, 2.75) is 45.4 Å². The van der Waals surface area contributed by atoms with Crippen LogP contribution in [0.3, 0.4) is 0 Å². The summed E-state index contributed by atoms with van der Waals surface area (Å²) in [7, 11) is 1.65. The zero-order valence-electron chi connectivity index (χ0n) is 14.5. The smallest absolute Gasteiger partial charge is 0.223 e. The van der Waals surface area contributed by atoms with Crippen LogP contribution in [0.2, 0.25) is 0 Å². The molecule has 0 bridgehead atoms. The normalized spacial score (nSPS) is 18.5. The number of benzene rings is 1. The molecule has 0 aromatic heterocycles. The number of hydrogen-bond acceptors (Lipinski definition) is 3. The molecule has 1 aliphatic heterocycles. The van der Waals surface area contributed by atoms with Gasteiger partial charge in [-0.25, -0.2) is 0 Å². The zero-order chi connectivity index (χ0) is 16.9. The number of aliphatic hydroxyl groups is 1. The summed E-state index contributed by atoms with van der Waals surface area (Å²) >= 11 is 0. The van der Waals surface area contributed by atoms with E-state index in [1.54, 1.807) is 7.11 Å². The highest BCUT2D eigenvalue weighted by Crippen LogP contribution is 2.34. The number of hydrogen-bond donors (Lipinski definition) is 1. The van der Waals surface area contributed by atoms with Gasteiger partial charge in [0, 0.05) is 26.1 Å². The van der Waals surface area contributed by atoms with Gasteiger partial charge in [-0.15, -0.1) is 0 Å². The van der Waals surface area contributed by atoms with Crippen molar-refractivity contribution in [2.24, 2.45) is 5.41 Å². The highest BCUT2D eigenvalue weighted by molar-refractivity contribution is 5.77. The van der Waals surface area contributed by atoms with Gasteiger partial charge in [-0.1, -0.05) is 26.0 Å². The lowest BCUT2D eigenvalue weighted by atomic mass is 9.77. The van der Waals surface area contributed by atoms with Gasteiger partial charge in [-0.05, 0) is 48.3 Å². The van der Waals surface area contributed by atoms with E-state index in [0.29, 0.717) is 6.42 Å². The maximum atomic E-state index is 12.5. The fraction of sp³-hybridized carbons (Fsp3) is 0.632. The Bertz CT molecular complexity index is 498. The Balaban J connectivity index is 1.89. The summed E-state index contributed by atoms with van der Waals surface area (Å²) in [4.78, 5) is 14.5. The average molecular weight is 319 g/mol. The van der Waals surface area contributed by atoms with E-state index in [4.69, 9.17) is 4.74 Å². The molecule has 1 unspecified atom stereocenters. The van der Waals surface area contributed by atoms with Crippen molar-refractivity contribution in [1.29, 1.82) is 0 Å². The Hall–Kier alpha value is -1.55. The van der Waals surface area contributed by atoms with E-state index in [-0.39, 0.29) is 23.8 Å². The van der Waals surface area contributed by atoms with E-state index in [2.05, 4.69) is 13.8 Å². The first-order valence-corrected chi connectivity index (χ1v) is 8.56. The molecule has 1 atom stereocenters. The summed E-state index contributed by atoms with van der Waals surface area (Å²) in [6, 6.07) is 7.93. The van der Waals surface area contributed by atoms with Crippen molar-refractivity contribution in [3.8, 4) is 5.75 Å². The van der Waals surface area contributed by atoms with Crippen LogP contribution in [0.5, 0.6) is 5.75 Å². The number of carbonyl (C=O) groups excluding carboxylic acids is 1. The Morgan fingerprint density at radius 1 is 1.30 bits per heavy atom. The Morgan fingerprint density at radius 2 is 1.91 bits per heavy atom. The quantitative estimate of drug-likeness (QED) is 0.876. The number of methoxy groups -OCH3 is 1. The van der Waals surface area contributed by atoms with Crippen LogP contribution >= 0.6 is 0 Å². The van der Waals surface area contributed by atoms with E-state index in [9.17, 15) is 9.90 Å². The molecule has 0 radical (unpaired) electrons. The Labute approximate surface area is 139 Å². The van der Waals surface area contributed by atoms with Crippen molar-refractivity contribution in [3.05, 3.63) is 29.8 Å². The monoisotopic (exact) mass is 319 g/mol. The summed E-state index contributed by atoms with van der Waals surface area (Å²) in [5.41, 5.74) is 1.19. The molecule has 1 amide bonds. The summed E-state index contributed by atoms with van der Waals surface area (Å²) in [6.07, 6.45) is 3.32. The largest absolute Gasteiger partial charge is 0.497 e. The van der Waals surface area contributed by atoms with E-state index in [1.165, 1.54) is 0 Å². The number of nitrogens with zero attached hydrogens (tertiary/aromatic N) is 1. The molecule has 1 N–H and O–H groups in total. The number of likely N-dealkylation sites (tertiary alicyclic amines) is 1.